The van der Waals surface area contributed by atoms with Gasteiger partial charge in [-0.05, 0) is 35.7 Å². The number of aromatic nitrogens is 1. The van der Waals surface area contributed by atoms with Crippen molar-refractivity contribution in [2.75, 3.05) is 13.2 Å². The predicted octanol–water partition coefficient (Wildman–Crippen LogP) is 3.63. The number of halogens is 1. The Labute approximate surface area is 145 Å². The maximum atomic E-state index is 12.5. The number of hydrogen-bond donors (Lipinski definition) is 1. The Morgan fingerprint density at radius 3 is 2.62 bits per heavy atom. The van der Waals surface area contributed by atoms with E-state index in [0.717, 1.165) is 11.3 Å². The van der Waals surface area contributed by atoms with Gasteiger partial charge < -0.3 is 14.8 Å². The molecule has 2 heterocycles. The number of amides is 1. The molecular weight excluding hydrogens is 328 g/mol. The number of hydrogen-bond acceptors (Lipinski definition) is 4. The highest BCUT2D eigenvalue weighted by molar-refractivity contribution is 6.30. The molecule has 5 nitrogen and oxygen atoms in total. The Kier molecular flexibility index (Phi) is 4.90. The maximum Gasteiger partial charge on any atom is 0.270 e. The molecule has 0 spiro atoms. The van der Waals surface area contributed by atoms with Gasteiger partial charge in [-0.2, -0.15) is 0 Å². The second-order valence-corrected chi connectivity index (χ2v) is 6.39. The second-order valence-electron chi connectivity index (χ2n) is 5.96. The Balaban J connectivity index is 1.83. The Bertz CT molecular complexity index is 749. The van der Waals surface area contributed by atoms with Crippen molar-refractivity contribution in [3.05, 3.63) is 52.8 Å². The van der Waals surface area contributed by atoms with Crippen molar-refractivity contribution in [1.29, 1.82) is 0 Å². The lowest BCUT2D eigenvalue weighted by atomic mass is 9.95. The minimum absolute atomic E-state index is 0.172. The van der Waals surface area contributed by atoms with Crippen LogP contribution in [0.15, 0.2) is 36.5 Å². The fourth-order valence-corrected chi connectivity index (χ4v) is 2.79. The molecule has 0 fully saturated rings. The smallest absolute Gasteiger partial charge is 0.270 e. The molecule has 2 aromatic rings. The van der Waals surface area contributed by atoms with E-state index in [9.17, 15) is 4.79 Å². The summed E-state index contributed by atoms with van der Waals surface area (Å²) in [6, 6.07) is 8.77. The summed E-state index contributed by atoms with van der Waals surface area (Å²) in [5, 5.41) is 3.51. The van der Waals surface area contributed by atoms with Crippen LogP contribution in [0, 0.1) is 5.92 Å². The van der Waals surface area contributed by atoms with E-state index in [-0.39, 0.29) is 17.9 Å². The van der Waals surface area contributed by atoms with Crippen LogP contribution in [0.5, 0.6) is 11.5 Å². The van der Waals surface area contributed by atoms with Gasteiger partial charge in [-0.1, -0.05) is 31.5 Å². The zero-order valence-corrected chi connectivity index (χ0v) is 14.3. The lowest BCUT2D eigenvalue weighted by Gasteiger charge is -2.25. The van der Waals surface area contributed by atoms with Gasteiger partial charge >= 0.3 is 0 Å². The molecule has 1 aromatic heterocycles. The van der Waals surface area contributed by atoms with Crippen LogP contribution in [0.4, 0.5) is 0 Å². The van der Waals surface area contributed by atoms with Crippen molar-refractivity contribution in [3.63, 3.8) is 0 Å². The molecule has 0 radical (unpaired) electrons. The van der Waals surface area contributed by atoms with Crippen molar-refractivity contribution >= 4 is 17.5 Å². The van der Waals surface area contributed by atoms with E-state index >= 15 is 0 Å². The number of benzene rings is 1. The third-order valence-corrected chi connectivity index (χ3v) is 4.07. The summed E-state index contributed by atoms with van der Waals surface area (Å²) in [6.07, 6.45) is 1.52. The molecule has 1 aliphatic rings. The average molecular weight is 347 g/mol. The number of ether oxygens (including phenoxy) is 2. The molecule has 0 saturated carbocycles. The molecule has 0 saturated heterocycles. The van der Waals surface area contributed by atoms with Crippen LogP contribution in [-0.2, 0) is 0 Å². The number of carbonyl (C=O) groups is 1. The van der Waals surface area contributed by atoms with Crippen LogP contribution in [-0.4, -0.2) is 24.1 Å². The minimum Gasteiger partial charge on any atom is -0.486 e. The Morgan fingerprint density at radius 1 is 1.17 bits per heavy atom. The van der Waals surface area contributed by atoms with E-state index in [1.807, 2.05) is 32.0 Å². The van der Waals surface area contributed by atoms with Gasteiger partial charge in [-0.25, -0.2) is 0 Å². The molecular formula is C18H19ClN2O3. The predicted molar refractivity (Wildman–Crippen MR) is 91.7 cm³/mol. The number of fused-ring (bicyclic) bond motifs is 1. The van der Waals surface area contributed by atoms with E-state index in [4.69, 9.17) is 21.1 Å². The first-order valence-electron chi connectivity index (χ1n) is 7.86. The Hall–Kier alpha value is -2.27. The first-order valence-corrected chi connectivity index (χ1v) is 8.24. The van der Waals surface area contributed by atoms with E-state index in [1.165, 1.54) is 6.20 Å². The third-order valence-electron chi connectivity index (χ3n) is 3.83. The average Bonchev–Trinajstić information content (AvgIpc) is 2.58. The molecule has 1 aliphatic heterocycles. The van der Waals surface area contributed by atoms with Crippen molar-refractivity contribution in [2.45, 2.75) is 19.9 Å². The summed E-state index contributed by atoms with van der Waals surface area (Å²) in [7, 11) is 0. The van der Waals surface area contributed by atoms with Gasteiger partial charge in [0.15, 0.2) is 11.5 Å². The maximum absolute atomic E-state index is 12.5. The van der Waals surface area contributed by atoms with Crippen LogP contribution < -0.4 is 14.8 Å². The van der Waals surface area contributed by atoms with E-state index in [0.29, 0.717) is 29.7 Å². The normalized spacial score (nSPS) is 14.3. The summed E-state index contributed by atoms with van der Waals surface area (Å²) < 4.78 is 11.2. The Morgan fingerprint density at radius 2 is 1.92 bits per heavy atom. The van der Waals surface area contributed by atoms with Gasteiger partial charge in [0.1, 0.15) is 18.9 Å². The van der Waals surface area contributed by atoms with Gasteiger partial charge in [-0.15, -0.1) is 0 Å². The van der Waals surface area contributed by atoms with Gasteiger partial charge in [0, 0.05) is 11.2 Å². The highest BCUT2D eigenvalue weighted by Gasteiger charge is 2.22. The third kappa shape index (κ3) is 3.62. The zero-order valence-electron chi connectivity index (χ0n) is 13.6. The molecule has 1 N–H and O–H groups in total. The van der Waals surface area contributed by atoms with Crippen molar-refractivity contribution in [2.24, 2.45) is 5.92 Å². The van der Waals surface area contributed by atoms with Crippen molar-refractivity contribution < 1.29 is 14.3 Å². The minimum atomic E-state index is -0.258. The van der Waals surface area contributed by atoms with Gasteiger partial charge in [0.2, 0.25) is 0 Å². The number of carbonyl (C=O) groups excluding carboxylic acids is 1. The topological polar surface area (TPSA) is 60.5 Å². The largest absolute Gasteiger partial charge is 0.486 e. The second kappa shape index (κ2) is 7.09. The molecule has 1 aromatic carbocycles. The van der Waals surface area contributed by atoms with Gasteiger partial charge in [0.25, 0.3) is 5.91 Å². The monoisotopic (exact) mass is 346 g/mol. The summed E-state index contributed by atoms with van der Waals surface area (Å²) in [5.41, 5.74) is 1.26. The number of pyridine rings is 1. The standard InChI is InChI=1S/C18H19ClN2O3/c1-11(2)17(21-18(22)14-10-13(19)5-6-20-14)12-3-4-15-16(9-12)24-8-7-23-15/h3-6,9-11,17H,7-8H2,1-2H3,(H,21,22)/t17-/m0/s1. The lowest BCUT2D eigenvalue weighted by Crippen LogP contribution is -2.32. The molecule has 0 bridgehead atoms. The summed E-state index contributed by atoms with van der Waals surface area (Å²) in [6.45, 7) is 5.18. The summed E-state index contributed by atoms with van der Waals surface area (Å²) in [4.78, 5) is 16.6. The van der Waals surface area contributed by atoms with E-state index in [1.54, 1.807) is 12.1 Å². The SMILES string of the molecule is CC(C)[C@H](NC(=O)c1cc(Cl)ccn1)c1ccc2c(c1)OCCO2. The molecule has 1 atom stereocenters. The van der Waals surface area contributed by atoms with Crippen LogP contribution in [0.25, 0.3) is 0 Å². The van der Waals surface area contributed by atoms with Crippen LogP contribution in [0.3, 0.4) is 0 Å². The van der Waals surface area contributed by atoms with Crippen molar-refractivity contribution in [3.8, 4) is 11.5 Å². The first kappa shape index (κ1) is 16.6. The fourth-order valence-electron chi connectivity index (χ4n) is 2.63. The van der Waals surface area contributed by atoms with Crippen molar-refractivity contribution in [1.82, 2.24) is 10.3 Å². The molecule has 6 heteroatoms. The molecule has 1 amide bonds. The number of nitrogens with one attached hydrogen (secondary N) is 1. The van der Waals surface area contributed by atoms with E-state index < -0.39 is 0 Å². The summed E-state index contributed by atoms with van der Waals surface area (Å²) in [5.74, 6) is 1.37. The highest BCUT2D eigenvalue weighted by atomic mass is 35.5. The number of rotatable bonds is 4. The molecule has 24 heavy (non-hydrogen) atoms. The number of nitrogens with zero attached hydrogens (tertiary/aromatic N) is 1. The van der Waals surface area contributed by atoms with Crippen LogP contribution >= 0.6 is 11.6 Å². The quantitative estimate of drug-likeness (QED) is 0.918. The van der Waals surface area contributed by atoms with Crippen LogP contribution in [0.2, 0.25) is 5.02 Å². The van der Waals surface area contributed by atoms with Gasteiger partial charge in [0.05, 0.1) is 6.04 Å². The highest BCUT2D eigenvalue weighted by Crippen LogP contribution is 2.34. The zero-order chi connectivity index (χ0) is 17.1. The molecule has 0 aliphatic carbocycles. The van der Waals surface area contributed by atoms with Crippen LogP contribution in [0.1, 0.15) is 35.9 Å². The fraction of sp³-hybridized carbons (Fsp3) is 0.333. The lowest BCUT2D eigenvalue weighted by molar-refractivity contribution is 0.0920. The molecule has 3 rings (SSSR count). The summed E-state index contributed by atoms with van der Waals surface area (Å²) >= 11 is 5.93. The molecule has 0 unspecified atom stereocenters. The molecule has 126 valence electrons. The first-order chi connectivity index (χ1) is 11.5. The van der Waals surface area contributed by atoms with Gasteiger partial charge in [-0.3, -0.25) is 9.78 Å². The van der Waals surface area contributed by atoms with E-state index in [2.05, 4.69) is 10.3 Å².